The number of aromatic nitrogens is 1. The summed E-state index contributed by atoms with van der Waals surface area (Å²) in [4.78, 5) is 26.2. The quantitative estimate of drug-likeness (QED) is 0.557. The summed E-state index contributed by atoms with van der Waals surface area (Å²) < 4.78 is 5.44. The standard InChI is InChI=1S/C16H11N3O4S/c20-15(11-7-9-24-10-11)18-12-3-5-13(6-4-12)23-16-14(19(21)22)2-1-8-17-16/h1-10H,(H,18,20). The van der Waals surface area contributed by atoms with Crippen molar-refractivity contribution in [1.29, 1.82) is 0 Å². The molecule has 3 rings (SSSR count). The lowest BCUT2D eigenvalue weighted by molar-refractivity contribution is -0.386. The van der Waals surface area contributed by atoms with Crippen LogP contribution in [0, 0.1) is 10.1 Å². The zero-order chi connectivity index (χ0) is 16.9. The minimum atomic E-state index is -0.558. The number of carbonyl (C=O) groups is 1. The van der Waals surface area contributed by atoms with E-state index in [4.69, 9.17) is 4.74 Å². The number of nitro groups is 1. The van der Waals surface area contributed by atoms with E-state index in [0.29, 0.717) is 17.0 Å². The average Bonchev–Trinajstić information content (AvgIpc) is 3.11. The molecule has 3 aromatic rings. The van der Waals surface area contributed by atoms with Crippen molar-refractivity contribution in [2.45, 2.75) is 0 Å². The lowest BCUT2D eigenvalue weighted by atomic mass is 10.2. The van der Waals surface area contributed by atoms with Gasteiger partial charge in [-0.25, -0.2) is 4.98 Å². The molecule has 0 saturated carbocycles. The van der Waals surface area contributed by atoms with Gasteiger partial charge in [0.15, 0.2) is 0 Å². The van der Waals surface area contributed by atoms with Crippen molar-refractivity contribution in [2.75, 3.05) is 5.32 Å². The van der Waals surface area contributed by atoms with Crippen LogP contribution in [0.5, 0.6) is 11.6 Å². The van der Waals surface area contributed by atoms with E-state index in [0.717, 1.165) is 0 Å². The number of benzene rings is 1. The number of ether oxygens (including phenoxy) is 1. The van der Waals surface area contributed by atoms with Crippen LogP contribution < -0.4 is 10.1 Å². The van der Waals surface area contributed by atoms with Gasteiger partial charge in [-0.15, -0.1) is 0 Å². The van der Waals surface area contributed by atoms with Gasteiger partial charge in [-0.1, -0.05) is 0 Å². The molecule has 2 aromatic heterocycles. The first-order valence-electron chi connectivity index (χ1n) is 6.84. The van der Waals surface area contributed by atoms with Crippen molar-refractivity contribution in [2.24, 2.45) is 0 Å². The van der Waals surface area contributed by atoms with Crippen LogP contribution in [0.15, 0.2) is 59.4 Å². The van der Waals surface area contributed by atoms with Gasteiger partial charge in [-0.2, -0.15) is 11.3 Å². The summed E-state index contributed by atoms with van der Waals surface area (Å²) in [7, 11) is 0. The number of hydrogen-bond donors (Lipinski definition) is 1. The molecule has 0 aliphatic carbocycles. The van der Waals surface area contributed by atoms with E-state index in [1.54, 1.807) is 35.7 Å². The Morgan fingerprint density at radius 1 is 1.21 bits per heavy atom. The summed E-state index contributed by atoms with van der Waals surface area (Å²) in [6, 6.07) is 11.0. The Labute approximate surface area is 140 Å². The number of rotatable bonds is 5. The predicted octanol–water partition coefficient (Wildman–Crippen LogP) is 4.10. The monoisotopic (exact) mass is 341 g/mol. The minimum Gasteiger partial charge on any atom is -0.434 e. The lowest BCUT2D eigenvalue weighted by Gasteiger charge is -2.07. The molecule has 0 fully saturated rings. The second-order valence-corrected chi connectivity index (χ2v) is 5.46. The largest absolute Gasteiger partial charge is 0.434 e. The van der Waals surface area contributed by atoms with Crippen LogP contribution in [0.1, 0.15) is 10.4 Å². The molecule has 120 valence electrons. The molecule has 0 aliphatic rings. The van der Waals surface area contributed by atoms with Crippen molar-refractivity contribution in [3.8, 4) is 11.6 Å². The Balaban J connectivity index is 1.71. The van der Waals surface area contributed by atoms with Crippen LogP contribution >= 0.6 is 11.3 Å². The molecule has 0 atom stereocenters. The van der Waals surface area contributed by atoms with Crippen LogP contribution in [0.2, 0.25) is 0 Å². The van der Waals surface area contributed by atoms with Gasteiger partial charge in [0, 0.05) is 23.3 Å². The third-order valence-electron chi connectivity index (χ3n) is 3.06. The fraction of sp³-hybridized carbons (Fsp3) is 0. The first kappa shape index (κ1) is 15.6. The fourth-order valence-electron chi connectivity index (χ4n) is 1.91. The highest BCUT2D eigenvalue weighted by molar-refractivity contribution is 7.08. The van der Waals surface area contributed by atoms with Crippen LogP contribution in [0.4, 0.5) is 11.4 Å². The molecule has 8 heteroatoms. The molecule has 24 heavy (non-hydrogen) atoms. The Morgan fingerprint density at radius 3 is 2.67 bits per heavy atom. The molecule has 0 spiro atoms. The normalized spacial score (nSPS) is 10.2. The Hall–Kier alpha value is -3.26. The molecular formula is C16H11N3O4S. The number of amides is 1. The van der Waals surface area contributed by atoms with Crippen LogP contribution in [-0.2, 0) is 0 Å². The summed E-state index contributed by atoms with van der Waals surface area (Å²) in [5.74, 6) is 0.0909. The smallest absolute Gasteiger partial charge is 0.331 e. The van der Waals surface area contributed by atoms with Crippen molar-refractivity contribution in [3.05, 3.63) is 75.1 Å². The minimum absolute atomic E-state index is 0.0856. The third kappa shape index (κ3) is 3.55. The van der Waals surface area contributed by atoms with Gasteiger partial charge in [-0.05, 0) is 41.8 Å². The van der Waals surface area contributed by atoms with Crippen LogP contribution in [0.25, 0.3) is 0 Å². The van der Waals surface area contributed by atoms with E-state index < -0.39 is 4.92 Å². The van der Waals surface area contributed by atoms with Gasteiger partial charge >= 0.3 is 5.69 Å². The maximum Gasteiger partial charge on any atom is 0.331 e. The molecule has 0 radical (unpaired) electrons. The van der Waals surface area contributed by atoms with Gasteiger partial charge in [0.2, 0.25) is 0 Å². The zero-order valence-electron chi connectivity index (χ0n) is 12.2. The molecular weight excluding hydrogens is 330 g/mol. The molecule has 0 saturated heterocycles. The number of nitrogens with one attached hydrogen (secondary N) is 1. The second-order valence-electron chi connectivity index (χ2n) is 4.68. The molecule has 0 unspecified atom stereocenters. The maximum atomic E-state index is 12.0. The average molecular weight is 341 g/mol. The highest BCUT2D eigenvalue weighted by atomic mass is 32.1. The lowest BCUT2D eigenvalue weighted by Crippen LogP contribution is -2.10. The van der Waals surface area contributed by atoms with E-state index >= 15 is 0 Å². The topological polar surface area (TPSA) is 94.4 Å². The summed E-state index contributed by atoms with van der Waals surface area (Å²) >= 11 is 1.44. The summed E-state index contributed by atoms with van der Waals surface area (Å²) in [6.45, 7) is 0. The summed E-state index contributed by atoms with van der Waals surface area (Å²) in [5.41, 5.74) is 0.964. The zero-order valence-corrected chi connectivity index (χ0v) is 13.0. The van der Waals surface area contributed by atoms with Gasteiger partial charge in [0.05, 0.1) is 10.5 Å². The number of thiophene rings is 1. The number of pyridine rings is 1. The third-order valence-corrected chi connectivity index (χ3v) is 3.74. The SMILES string of the molecule is O=C(Nc1ccc(Oc2ncccc2[N+](=O)[O-])cc1)c1ccsc1. The van der Waals surface area contributed by atoms with Crippen LogP contribution in [-0.4, -0.2) is 15.8 Å². The first-order chi connectivity index (χ1) is 11.6. The number of hydrogen-bond acceptors (Lipinski definition) is 6. The predicted molar refractivity (Wildman–Crippen MR) is 89.7 cm³/mol. The Bertz CT molecular complexity index is 863. The number of carbonyl (C=O) groups excluding carboxylic acids is 1. The summed E-state index contributed by atoms with van der Waals surface area (Å²) in [5, 5.41) is 17.3. The molecule has 0 bridgehead atoms. The van der Waals surface area contributed by atoms with E-state index in [-0.39, 0.29) is 17.5 Å². The molecule has 7 nitrogen and oxygen atoms in total. The van der Waals surface area contributed by atoms with Crippen LogP contribution in [0.3, 0.4) is 0 Å². The highest BCUT2D eigenvalue weighted by Crippen LogP contribution is 2.29. The molecule has 1 aromatic carbocycles. The Kier molecular flexibility index (Phi) is 4.48. The molecule has 0 aliphatic heterocycles. The van der Waals surface area contributed by atoms with Gasteiger partial charge < -0.3 is 10.1 Å². The number of nitrogens with zero attached hydrogens (tertiary/aromatic N) is 2. The Morgan fingerprint density at radius 2 is 2.00 bits per heavy atom. The van der Waals surface area contributed by atoms with Gasteiger partial charge in [-0.3, -0.25) is 14.9 Å². The van der Waals surface area contributed by atoms with Gasteiger partial charge in [0.25, 0.3) is 11.8 Å². The van der Waals surface area contributed by atoms with Crippen molar-refractivity contribution >= 4 is 28.6 Å². The van der Waals surface area contributed by atoms with Crippen molar-refractivity contribution < 1.29 is 14.5 Å². The highest BCUT2D eigenvalue weighted by Gasteiger charge is 2.16. The molecule has 1 N–H and O–H groups in total. The van der Waals surface area contributed by atoms with Crippen molar-refractivity contribution in [1.82, 2.24) is 4.98 Å². The fourth-order valence-corrected chi connectivity index (χ4v) is 2.55. The van der Waals surface area contributed by atoms with E-state index in [9.17, 15) is 14.9 Å². The molecule has 2 heterocycles. The maximum absolute atomic E-state index is 12.0. The summed E-state index contributed by atoms with van der Waals surface area (Å²) in [6.07, 6.45) is 1.41. The molecule has 1 amide bonds. The number of anilines is 1. The van der Waals surface area contributed by atoms with Crippen molar-refractivity contribution in [3.63, 3.8) is 0 Å². The first-order valence-corrected chi connectivity index (χ1v) is 7.78. The van der Waals surface area contributed by atoms with E-state index in [1.807, 2.05) is 5.38 Å². The van der Waals surface area contributed by atoms with Gasteiger partial charge in [0.1, 0.15) is 5.75 Å². The van der Waals surface area contributed by atoms with E-state index in [1.165, 1.54) is 29.7 Å². The second kappa shape index (κ2) is 6.88. The van der Waals surface area contributed by atoms with E-state index in [2.05, 4.69) is 10.3 Å².